The SMILES string of the molecule is [C-]#[N+]CCOP(OC1CC(n2cc(C#CCOC(=O)c3ccc(C)cc3)c(=O)[nH]c2=O)OC1CC)N(C(C)C)C(C)C. The molecule has 226 valence electrons. The molecule has 4 unspecified atom stereocenters. The number of nitrogens with one attached hydrogen (secondary N) is 1. The van der Waals surface area contributed by atoms with Crippen molar-refractivity contribution in [2.75, 3.05) is 19.8 Å². The van der Waals surface area contributed by atoms with E-state index in [0.717, 1.165) is 5.56 Å². The van der Waals surface area contributed by atoms with Gasteiger partial charge in [-0.15, -0.1) is 0 Å². The van der Waals surface area contributed by atoms with Crippen LogP contribution in [-0.4, -0.2) is 64.2 Å². The zero-order valence-electron chi connectivity index (χ0n) is 25.0. The number of hydrogen-bond acceptors (Lipinski definition) is 8. The van der Waals surface area contributed by atoms with Crippen molar-refractivity contribution in [1.29, 1.82) is 0 Å². The van der Waals surface area contributed by atoms with E-state index in [0.29, 0.717) is 18.4 Å². The summed E-state index contributed by atoms with van der Waals surface area (Å²) in [5.41, 5.74) is 0.192. The van der Waals surface area contributed by atoms with Gasteiger partial charge in [0.15, 0.2) is 6.61 Å². The van der Waals surface area contributed by atoms with Gasteiger partial charge >= 0.3 is 11.7 Å². The van der Waals surface area contributed by atoms with Crippen molar-refractivity contribution >= 4 is 14.5 Å². The molecule has 0 amide bonds. The summed E-state index contributed by atoms with van der Waals surface area (Å²) in [4.78, 5) is 43.1. The molecule has 42 heavy (non-hydrogen) atoms. The monoisotopic (exact) mass is 598 g/mol. The maximum Gasteiger partial charge on any atom is 0.339 e. The lowest BCUT2D eigenvalue weighted by atomic mass is 10.1. The average Bonchev–Trinajstić information content (AvgIpc) is 3.34. The minimum absolute atomic E-state index is 0.0394. The highest BCUT2D eigenvalue weighted by Crippen LogP contribution is 2.50. The lowest BCUT2D eigenvalue weighted by Gasteiger charge is -2.37. The van der Waals surface area contributed by atoms with E-state index < -0.39 is 32.0 Å². The fourth-order valence-corrected chi connectivity index (χ4v) is 6.29. The molecule has 4 atom stereocenters. The van der Waals surface area contributed by atoms with Gasteiger partial charge in [0.1, 0.15) is 18.4 Å². The molecule has 12 heteroatoms. The Bertz CT molecular complexity index is 1410. The van der Waals surface area contributed by atoms with Gasteiger partial charge in [-0.1, -0.05) is 36.5 Å². The Labute approximate surface area is 247 Å². The second-order valence-electron chi connectivity index (χ2n) is 10.4. The number of aromatic amines is 1. The molecule has 1 N–H and O–H groups in total. The van der Waals surface area contributed by atoms with Crippen LogP contribution in [0.3, 0.4) is 0 Å². The minimum Gasteiger partial charge on any atom is -0.449 e. The normalized spacial score (nSPS) is 19.0. The second kappa shape index (κ2) is 15.8. The first-order valence-corrected chi connectivity index (χ1v) is 15.1. The Kier molecular flexibility index (Phi) is 12.5. The number of carbonyl (C=O) groups excluding carboxylic acids is 1. The van der Waals surface area contributed by atoms with Gasteiger partial charge in [0, 0.05) is 24.7 Å². The first kappa shape index (κ1) is 33.2. The molecule has 1 aliphatic heterocycles. The van der Waals surface area contributed by atoms with Gasteiger partial charge in [0.05, 0.1) is 17.8 Å². The van der Waals surface area contributed by atoms with Crippen LogP contribution >= 0.6 is 8.53 Å². The van der Waals surface area contributed by atoms with Gasteiger partial charge < -0.3 is 23.4 Å². The standard InChI is InChI=1S/C30H39N4O7P/c1-8-25-26(41-42(39-17-15-31-7)34(20(2)3)21(4)5)18-27(40-25)33-19-24(28(35)32-30(33)37)10-9-16-38-29(36)23-13-11-22(6)12-14-23/h11-14,19-21,25-27H,8,15-18H2,1-6H3,(H,32,35,37). The van der Waals surface area contributed by atoms with E-state index in [-0.39, 0.29) is 49.6 Å². The van der Waals surface area contributed by atoms with Gasteiger partial charge in [0.2, 0.25) is 6.54 Å². The van der Waals surface area contributed by atoms with Crippen LogP contribution in [0.15, 0.2) is 40.1 Å². The average molecular weight is 599 g/mol. The summed E-state index contributed by atoms with van der Waals surface area (Å²) in [6, 6.07) is 7.23. The molecule has 0 radical (unpaired) electrons. The molecule has 11 nitrogen and oxygen atoms in total. The number of esters is 1. The van der Waals surface area contributed by atoms with E-state index in [4.69, 9.17) is 25.1 Å². The molecular formula is C30H39N4O7P. The van der Waals surface area contributed by atoms with Gasteiger partial charge in [-0.2, -0.15) is 0 Å². The van der Waals surface area contributed by atoms with Crippen molar-refractivity contribution in [2.24, 2.45) is 0 Å². The third kappa shape index (κ3) is 8.84. The molecule has 1 aromatic heterocycles. The number of carbonyl (C=O) groups is 1. The number of benzene rings is 1. The summed E-state index contributed by atoms with van der Waals surface area (Å²) in [7, 11) is -1.50. The summed E-state index contributed by atoms with van der Waals surface area (Å²) in [6.45, 7) is 19.5. The Morgan fingerprint density at radius 1 is 1.24 bits per heavy atom. The molecule has 0 aliphatic carbocycles. The Balaban J connectivity index is 1.75. The second-order valence-corrected chi connectivity index (χ2v) is 11.8. The van der Waals surface area contributed by atoms with Crippen LogP contribution in [0.4, 0.5) is 0 Å². The maximum atomic E-state index is 12.8. The maximum absolute atomic E-state index is 12.8. The van der Waals surface area contributed by atoms with Crippen LogP contribution in [0, 0.1) is 25.3 Å². The molecule has 0 spiro atoms. The van der Waals surface area contributed by atoms with E-state index in [1.54, 1.807) is 12.1 Å². The quantitative estimate of drug-likeness (QED) is 0.126. The summed E-state index contributed by atoms with van der Waals surface area (Å²) >= 11 is 0. The summed E-state index contributed by atoms with van der Waals surface area (Å²) in [6.07, 6.45) is 0.942. The van der Waals surface area contributed by atoms with Crippen molar-refractivity contribution in [3.63, 3.8) is 0 Å². The third-order valence-corrected chi connectivity index (χ3v) is 8.68. The van der Waals surface area contributed by atoms with Gasteiger partial charge in [-0.25, -0.2) is 20.8 Å². The number of rotatable bonds is 12. The number of aryl methyl sites for hydroxylation is 1. The number of ether oxygens (including phenoxy) is 2. The lowest BCUT2D eigenvalue weighted by molar-refractivity contribution is -0.0201. The van der Waals surface area contributed by atoms with Gasteiger partial charge in [-0.3, -0.25) is 14.3 Å². The highest BCUT2D eigenvalue weighted by molar-refractivity contribution is 7.44. The summed E-state index contributed by atoms with van der Waals surface area (Å²) < 4.78 is 27.4. The van der Waals surface area contributed by atoms with Crippen molar-refractivity contribution in [3.05, 3.63) is 79.4 Å². The van der Waals surface area contributed by atoms with E-state index >= 15 is 0 Å². The zero-order valence-corrected chi connectivity index (χ0v) is 25.9. The van der Waals surface area contributed by atoms with Crippen LogP contribution in [-0.2, 0) is 18.5 Å². The molecule has 1 aliphatic rings. The van der Waals surface area contributed by atoms with Crippen molar-refractivity contribution in [2.45, 2.75) is 84.9 Å². The number of H-pyrrole nitrogens is 1. The molecule has 1 aromatic carbocycles. The van der Waals surface area contributed by atoms with Crippen LogP contribution in [0.1, 0.15) is 75.2 Å². The minimum atomic E-state index is -1.50. The Morgan fingerprint density at radius 2 is 1.93 bits per heavy atom. The van der Waals surface area contributed by atoms with Crippen molar-refractivity contribution in [3.8, 4) is 11.8 Å². The predicted octanol–water partition coefficient (Wildman–Crippen LogP) is 4.42. The molecule has 0 bridgehead atoms. The molecule has 0 saturated carbocycles. The van der Waals surface area contributed by atoms with E-state index in [2.05, 4.69) is 54.0 Å². The van der Waals surface area contributed by atoms with Gasteiger partial charge in [-0.05, 0) is 53.2 Å². The fraction of sp³-hybridized carbons (Fsp3) is 0.533. The van der Waals surface area contributed by atoms with E-state index in [9.17, 15) is 14.4 Å². The molecule has 1 fully saturated rings. The zero-order chi connectivity index (χ0) is 30.8. The van der Waals surface area contributed by atoms with E-state index in [1.165, 1.54) is 10.8 Å². The fourth-order valence-electron chi connectivity index (χ4n) is 4.54. The molecule has 3 rings (SSSR count). The van der Waals surface area contributed by atoms with Crippen LogP contribution in [0.25, 0.3) is 4.85 Å². The van der Waals surface area contributed by atoms with Crippen molar-refractivity contribution < 1.29 is 23.3 Å². The topological polar surface area (TPSA) is 116 Å². The number of aromatic nitrogens is 2. The Hall–Kier alpha value is -3.31. The number of nitrogens with zero attached hydrogens (tertiary/aromatic N) is 3. The lowest BCUT2D eigenvalue weighted by Crippen LogP contribution is -2.36. The summed E-state index contributed by atoms with van der Waals surface area (Å²) in [5.74, 6) is 4.84. The first-order valence-electron chi connectivity index (χ1n) is 14.0. The Morgan fingerprint density at radius 3 is 2.55 bits per heavy atom. The molecule has 1 saturated heterocycles. The summed E-state index contributed by atoms with van der Waals surface area (Å²) in [5, 5.41) is 0. The smallest absolute Gasteiger partial charge is 0.339 e. The number of hydrogen-bond donors (Lipinski definition) is 1. The largest absolute Gasteiger partial charge is 0.449 e. The molecular weight excluding hydrogens is 559 g/mol. The third-order valence-electron chi connectivity index (χ3n) is 6.52. The highest BCUT2D eigenvalue weighted by Gasteiger charge is 2.40. The predicted molar refractivity (Wildman–Crippen MR) is 160 cm³/mol. The van der Waals surface area contributed by atoms with Crippen LogP contribution in [0.2, 0.25) is 0 Å². The van der Waals surface area contributed by atoms with E-state index in [1.807, 2.05) is 26.0 Å². The van der Waals surface area contributed by atoms with Gasteiger partial charge in [0.25, 0.3) is 14.1 Å². The first-order chi connectivity index (χ1) is 20.0. The van der Waals surface area contributed by atoms with Crippen LogP contribution < -0.4 is 11.2 Å². The molecule has 2 aromatic rings. The van der Waals surface area contributed by atoms with Crippen LogP contribution in [0.5, 0.6) is 0 Å². The van der Waals surface area contributed by atoms with Crippen molar-refractivity contribution in [1.82, 2.24) is 14.2 Å². The highest BCUT2D eigenvalue weighted by atomic mass is 31.2. The molecule has 2 heterocycles.